The molecule has 4 heteroatoms. The topological polar surface area (TPSA) is 26.3 Å². The van der Waals surface area contributed by atoms with Gasteiger partial charge in [-0.05, 0) is 18.6 Å². The quantitative estimate of drug-likeness (QED) is 0.450. The highest BCUT2D eigenvalue weighted by molar-refractivity contribution is 7.80. The monoisotopic (exact) mass is 234 g/mol. The third-order valence-electron chi connectivity index (χ3n) is 2.29. The average molecular weight is 234 g/mol. The van der Waals surface area contributed by atoms with E-state index in [-0.39, 0.29) is 16.9 Å². The molecular weight excluding hydrogens is 212 g/mol. The van der Waals surface area contributed by atoms with Crippen molar-refractivity contribution in [3.8, 4) is 0 Å². The highest BCUT2D eigenvalue weighted by Crippen LogP contribution is 2.13. The molecule has 0 aromatic heterocycles. The zero-order valence-corrected chi connectivity index (χ0v) is 11.7. The van der Waals surface area contributed by atoms with Gasteiger partial charge < -0.3 is 4.74 Å². The van der Waals surface area contributed by atoms with Crippen molar-refractivity contribution in [2.75, 3.05) is 0 Å². The molecule has 0 aromatic carbocycles. The van der Waals surface area contributed by atoms with E-state index in [9.17, 15) is 4.79 Å². The van der Waals surface area contributed by atoms with Crippen LogP contribution in [0.25, 0.3) is 0 Å². The van der Waals surface area contributed by atoms with Gasteiger partial charge in [0.1, 0.15) is 0 Å². The van der Waals surface area contributed by atoms with Crippen LogP contribution in [0.15, 0.2) is 0 Å². The van der Waals surface area contributed by atoms with E-state index in [1.54, 1.807) is 0 Å². The van der Waals surface area contributed by atoms with Crippen LogP contribution in [0.3, 0.4) is 0 Å². The normalized spacial score (nSPS) is 16.1. The van der Waals surface area contributed by atoms with Gasteiger partial charge in [-0.25, -0.2) is 0 Å². The Labute approximate surface area is 93.8 Å². The van der Waals surface area contributed by atoms with Crippen molar-refractivity contribution in [2.45, 2.75) is 57.3 Å². The first kappa shape index (κ1) is 14.0. The Balaban J connectivity index is 3.84. The van der Waals surface area contributed by atoms with Gasteiger partial charge in [0.15, 0.2) is 0 Å². The Morgan fingerprint density at radius 3 is 2.21 bits per heavy atom. The fraction of sp³-hybridized carbons (Fsp3) is 0.900. The van der Waals surface area contributed by atoms with Crippen LogP contribution >= 0.6 is 12.6 Å². The predicted octanol–water partition coefficient (Wildman–Crippen LogP) is 2.89. The van der Waals surface area contributed by atoms with Gasteiger partial charge in [-0.2, -0.15) is 12.6 Å². The summed E-state index contributed by atoms with van der Waals surface area (Å²) in [6.45, 7) is 10.6. The number of esters is 1. The second-order valence-electron chi connectivity index (χ2n) is 4.89. The summed E-state index contributed by atoms with van der Waals surface area (Å²) in [5.41, 5.74) is 0.102. The standard InChI is InChI=1S/C10H22O2SSi/c1-8(13)6-7-10(11)12-9(2)14(3,4)5/h8-9,13H,6-7H2,1-5H3. The van der Waals surface area contributed by atoms with Crippen LogP contribution in [-0.2, 0) is 9.53 Å². The van der Waals surface area contributed by atoms with Crippen molar-refractivity contribution in [1.82, 2.24) is 0 Å². The molecule has 0 fully saturated rings. The van der Waals surface area contributed by atoms with Crippen molar-refractivity contribution < 1.29 is 9.53 Å². The van der Waals surface area contributed by atoms with Gasteiger partial charge in [-0.15, -0.1) is 0 Å². The Morgan fingerprint density at radius 2 is 1.86 bits per heavy atom. The SMILES string of the molecule is CC(S)CCC(=O)OC(C)[Si](C)(C)C. The van der Waals surface area contributed by atoms with Crippen LogP contribution in [0.4, 0.5) is 0 Å². The molecule has 2 nitrogen and oxygen atoms in total. The predicted molar refractivity (Wildman–Crippen MR) is 66.6 cm³/mol. The minimum absolute atomic E-state index is 0.0826. The maximum atomic E-state index is 11.4. The molecule has 84 valence electrons. The number of rotatable bonds is 5. The molecule has 0 saturated heterocycles. The number of carbonyl (C=O) groups excluding carboxylic acids is 1. The van der Waals surface area contributed by atoms with Gasteiger partial charge in [0.2, 0.25) is 0 Å². The van der Waals surface area contributed by atoms with Gasteiger partial charge in [0.05, 0.1) is 13.8 Å². The molecule has 0 aliphatic rings. The molecule has 0 N–H and O–H groups in total. The number of hydrogen-bond acceptors (Lipinski definition) is 3. The third-order valence-corrected chi connectivity index (χ3v) is 5.11. The first-order valence-corrected chi connectivity index (χ1v) is 9.20. The highest BCUT2D eigenvalue weighted by Gasteiger charge is 2.25. The Kier molecular flexibility index (Phi) is 5.82. The van der Waals surface area contributed by atoms with Gasteiger partial charge >= 0.3 is 5.97 Å². The zero-order valence-electron chi connectivity index (χ0n) is 9.83. The Bertz CT molecular complexity index is 187. The second kappa shape index (κ2) is 5.81. The fourth-order valence-corrected chi connectivity index (χ4v) is 1.37. The maximum Gasteiger partial charge on any atom is 0.305 e. The first-order chi connectivity index (χ1) is 6.23. The van der Waals surface area contributed by atoms with Crippen molar-refractivity contribution >= 4 is 26.7 Å². The first-order valence-electron chi connectivity index (χ1n) is 5.11. The number of carbonyl (C=O) groups is 1. The van der Waals surface area contributed by atoms with Crippen molar-refractivity contribution in [1.29, 1.82) is 0 Å². The molecule has 2 unspecified atom stereocenters. The van der Waals surface area contributed by atoms with Gasteiger partial charge in [0, 0.05) is 6.42 Å². The lowest BCUT2D eigenvalue weighted by molar-refractivity contribution is -0.145. The highest BCUT2D eigenvalue weighted by atomic mass is 32.1. The molecule has 0 aliphatic carbocycles. The molecule has 0 bridgehead atoms. The summed E-state index contributed by atoms with van der Waals surface area (Å²) >= 11 is 4.22. The largest absolute Gasteiger partial charge is 0.467 e. The van der Waals surface area contributed by atoms with E-state index >= 15 is 0 Å². The van der Waals surface area contributed by atoms with E-state index in [1.165, 1.54) is 0 Å². The molecule has 0 aromatic rings. The van der Waals surface area contributed by atoms with Gasteiger partial charge in [-0.1, -0.05) is 26.6 Å². The summed E-state index contributed by atoms with van der Waals surface area (Å²) in [7, 11) is -1.34. The van der Waals surface area contributed by atoms with Crippen LogP contribution in [0.2, 0.25) is 19.6 Å². The molecule has 0 amide bonds. The van der Waals surface area contributed by atoms with Gasteiger partial charge in [-0.3, -0.25) is 4.79 Å². The van der Waals surface area contributed by atoms with Crippen LogP contribution in [0.1, 0.15) is 26.7 Å². The van der Waals surface area contributed by atoms with E-state index in [1.807, 2.05) is 13.8 Å². The lowest BCUT2D eigenvalue weighted by atomic mass is 10.2. The van der Waals surface area contributed by atoms with Gasteiger partial charge in [0.25, 0.3) is 0 Å². The van der Waals surface area contributed by atoms with Crippen LogP contribution in [0.5, 0.6) is 0 Å². The molecule has 0 aliphatic heterocycles. The van der Waals surface area contributed by atoms with Crippen molar-refractivity contribution in [3.05, 3.63) is 0 Å². The Morgan fingerprint density at radius 1 is 1.36 bits per heavy atom. The molecule has 0 saturated carbocycles. The summed E-state index contributed by atoms with van der Waals surface area (Å²) < 4.78 is 5.35. The van der Waals surface area contributed by atoms with E-state index in [0.29, 0.717) is 6.42 Å². The van der Waals surface area contributed by atoms with Crippen LogP contribution in [0, 0.1) is 0 Å². The summed E-state index contributed by atoms with van der Waals surface area (Å²) in [6.07, 6.45) is 1.28. The zero-order chi connectivity index (χ0) is 11.4. The molecular formula is C10H22O2SSi. The fourth-order valence-electron chi connectivity index (χ4n) is 0.760. The number of thiol groups is 1. The minimum Gasteiger partial charge on any atom is -0.467 e. The lowest BCUT2D eigenvalue weighted by Gasteiger charge is -2.25. The van der Waals surface area contributed by atoms with E-state index in [0.717, 1.165) is 6.42 Å². The third kappa shape index (κ3) is 6.48. The molecule has 0 heterocycles. The van der Waals surface area contributed by atoms with E-state index in [4.69, 9.17) is 4.74 Å². The summed E-state index contributed by atoms with van der Waals surface area (Å²) in [5.74, 6) is -0.0826. The number of ether oxygens (including phenoxy) is 1. The van der Waals surface area contributed by atoms with Crippen molar-refractivity contribution in [3.63, 3.8) is 0 Å². The molecule has 0 spiro atoms. The lowest BCUT2D eigenvalue weighted by Crippen LogP contribution is -2.39. The molecule has 14 heavy (non-hydrogen) atoms. The maximum absolute atomic E-state index is 11.4. The van der Waals surface area contributed by atoms with Crippen molar-refractivity contribution in [2.24, 2.45) is 0 Å². The molecule has 2 atom stereocenters. The van der Waals surface area contributed by atoms with E-state index < -0.39 is 8.07 Å². The molecule has 0 rings (SSSR count). The van der Waals surface area contributed by atoms with Crippen LogP contribution in [-0.4, -0.2) is 25.0 Å². The number of hydrogen-bond donors (Lipinski definition) is 1. The summed E-state index contributed by atoms with van der Waals surface area (Å²) in [6, 6.07) is 0. The minimum atomic E-state index is -1.34. The van der Waals surface area contributed by atoms with Crippen LogP contribution < -0.4 is 0 Å². The Hall–Kier alpha value is 0.0369. The average Bonchev–Trinajstić information content (AvgIpc) is 1.99. The molecule has 0 radical (unpaired) electrons. The van der Waals surface area contributed by atoms with E-state index in [2.05, 4.69) is 32.3 Å². The smallest absolute Gasteiger partial charge is 0.305 e. The summed E-state index contributed by atoms with van der Waals surface area (Å²) in [4.78, 5) is 11.4. The second-order valence-corrected chi connectivity index (χ2v) is 11.3. The summed E-state index contributed by atoms with van der Waals surface area (Å²) in [5, 5.41) is 0.268.